The molecule has 3 rings (SSSR count). The fourth-order valence-corrected chi connectivity index (χ4v) is 2.94. The van der Waals surface area contributed by atoms with E-state index >= 15 is 0 Å². The highest BCUT2D eigenvalue weighted by atomic mass is 16.3. The maximum Gasteiger partial charge on any atom is 0.251 e. The predicted molar refractivity (Wildman–Crippen MR) is 110 cm³/mol. The van der Waals surface area contributed by atoms with Crippen LogP contribution in [0.1, 0.15) is 27.3 Å². The Morgan fingerprint density at radius 3 is 2.25 bits per heavy atom. The van der Waals surface area contributed by atoms with E-state index in [2.05, 4.69) is 20.6 Å². The third kappa shape index (κ3) is 5.37. The predicted octanol–water partition coefficient (Wildman–Crippen LogP) is 3.17. The van der Waals surface area contributed by atoms with E-state index in [-0.39, 0.29) is 18.6 Å². The smallest absolute Gasteiger partial charge is 0.251 e. The molecule has 0 spiro atoms. The molecule has 0 aliphatic heterocycles. The summed E-state index contributed by atoms with van der Waals surface area (Å²) >= 11 is 0. The van der Waals surface area contributed by atoms with Crippen LogP contribution in [0.3, 0.4) is 0 Å². The van der Waals surface area contributed by atoms with Crippen molar-refractivity contribution in [3.63, 3.8) is 0 Å². The first-order valence-corrected chi connectivity index (χ1v) is 9.18. The monoisotopic (exact) mass is 376 g/mol. The Labute approximate surface area is 164 Å². The van der Waals surface area contributed by atoms with Crippen LogP contribution < -0.4 is 10.6 Å². The highest BCUT2D eigenvalue weighted by Crippen LogP contribution is 2.15. The molecule has 0 aliphatic rings. The average molecular weight is 376 g/mol. The number of anilines is 2. The first-order valence-electron chi connectivity index (χ1n) is 9.18. The molecule has 3 N–H and O–H groups in total. The van der Waals surface area contributed by atoms with Crippen molar-refractivity contribution in [2.24, 2.45) is 0 Å². The van der Waals surface area contributed by atoms with E-state index in [0.29, 0.717) is 17.9 Å². The quantitative estimate of drug-likeness (QED) is 0.590. The lowest BCUT2D eigenvalue weighted by molar-refractivity contribution is 0.0916. The lowest BCUT2D eigenvalue weighted by Gasteiger charge is -2.16. The van der Waals surface area contributed by atoms with E-state index in [4.69, 9.17) is 0 Å². The molecular weight excluding hydrogens is 352 g/mol. The van der Waals surface area contributed by atoms with Crippen molar-refractivity contribution in [2.45, 2.75) is 26.3 Å². The minimum Gasteiger partial charge on any atom is -0.394 e. The van der Waals surface area contributed by atoms with Crippen molar-refractivity contribution < 1.29 is 9.90 Å². The molecule has 0 saturated carbocycles. The van der Waals surface area contributed by atoms with Crippen molar-refractivity contribution in [1.29, 1.82) is 0 Å². The average Bonchev–Trinajstić information content (AvgIpc) is 2.68. The maximum atomic E-state index is 12.5. The first-order chi connectivity index (χ1) is 13.5. The van der Waals surface area contributed by atoms with Crippen molar-refractivity contribution in [3.05, 3.63) is 83.2 Å². The van der Waals surface area contributed by atoms with Gasteiger partial charge in [0.1, 0.15) is 0 Å². The van der Waals surface area contributed by atoms with Crippen LogP contribution in [0, 0.1) is 13.8 Å². The van der Waals surface area contributed by atoms with Crippen molar-refractivity contribution in [2.75, 3.05) is 11.9 Å². The fourth-order valence-electron chi connectivity index (χ4n) is 2.94. The number of aliphatic hydroxyl groups excluding tert-OH is 1. The van der Waals surface area contributed by atoms with E-state index in [1.807, 2.05) is 50.2 Å². The standard InChI is InChI=1S/C22H24N4O2/c1-15-12-16(2)24-22(23-15)26-19-10-8-18(9-11-19)21(28)25-20(14-27)13-17-6-4-3-5-7-17/h3-12,20,27H,13-14H2,1-2H3,(H,25,28)(H,23,24,26)/t20-/m1/s1. The number of benzene rings is 2. The van der Waals surface area contributed by atoms with Gasteiger partial charge in [0.05, 0.1) is 12.6 Å². The molecule has 28 heavy (non-hydrogen) atoms. The van der Waals surface area contributed by atoms with Crippen LogP contribution in [0.25, 0.3) is 0 Å². The summed E-state index contributed by atoms with van der Waals surface area (Å²) < 4.78 is 0. The van der Waals surface area contributed by atoms with Crippen LogP contribution >= 0.6 is 0 Å². The summed E-state index contributed by atoms with van der Waals surface area (Å²) in [5.74, 6) is 0.307. The number of rotatable bonds is 7. The largest absolute Gasteiger partial charge is 0.394 e. The topological polar surface area (TPSA) is 87.1 Å². The Morgan fingerprint density at radius 1 is 1.00 bits per heavy atom. The molecule has 1 atom stereocenters. The number of amides is 1. The second-order valence-corrected chi connectivity index (χ2v) is 6.72. The molecule has 1 heterocycles. The SMILES string of the molecule is Cc1cc(C)nc(Nc2ccc(C(=O)N[C@@H](CO)Cc3ccccc3)cc2)n1. The van der Waals surface area contributed by atoms with Gasteiger partial charge in [0, 0.05) is 22.6 Å². The molecule has 0 bridgehead atoms. The molecule has 2 aromatic carbocycles. The molecule has 0 unspecified atom stereocenters. The molecule has 0 radical (unpaired) electrons. The van der Waals surface area contributed by atoms with Gasteiger partial charge in [-0.25, -0.2) is 9.97 Å². The summed E-state index contributed by atoms with van der Waals surface area (Å²) in [5.41, 5.74) is 4.16. The van der Waals surface area contributed by atoms with Crippen LogP contribution in [0.5, 0.6) is 0 Å². The van der Waals surface area contributed by atoms with Crippen LogP contribution in [-0.4, -0.2) is 33.6 Å². The number of aryl methyl sites for hydroxylation is 2. The van der Waals surface area contributed by atoms with Gasteiger partial charge in [-0.2, -0.15) is 0 Å². The summed E-state index contributed by atoms with van der Waals surface area (Å²) in [6.07, 6.45) is 0.576. The molecule has 6 heteroatoms. The van der Waals surface area contributed by atoms with Crippen LogP contribution in [0.4, 0.5) is 11.6 Å². The van der Waals surface area contributed by atoms with Gasteiger partial charge in [-0.15, -0.1) is 0 Å². The number of aromatic nitrogens is 2. The number of nitrogens with zero attached hydrogens (tertiary/aromatic N) is 2. The molecule has 1 amide bonds. The van der Waals surface area contributed by atoms with E-state index < -0.39 is 0 Å². The number of hydrogen-bond acceptors (Lipinski definition) is 5. The second-order valence-electron chi connectivity index (χ2n) is 6.72. The lowest BCUT2D eigenvalue weighted by Crippen LogP contribution is -2.39. The highest BCUT2D eigenvalue weighted by molar-refractivity contribution is 5.94. The van der Waals surface area contributed by atoms with Gasteiger partial charge in [0.2, 0.25) is 5.95 Å². The fraction of sp³-hybridized carbons (Fsp3) is 0.227. The van der Waals surface area contributed by atoms with Gasteiger partial charge < -0.3 is 15.7 Å². The molecular formula is C22H24N4O2. The lowest BCUT2D eigenvalue weighted by atomic mass is 10.1. The number of carbonyl (C=O) groups excluding carboxylic acids is 1. The van der Waals surface area contributed by atoms with Crippen molar-refractivity contribution >= 4 is 17.5 Å². The van der Waals surface area contributed by atoms with E-state index in [0.717, 1.165) is 22.6 Å². The van der Waals surface area contributed by atoms with E-state index in [1.54, 1.807) is 24.3 Å². The Kier molecular flexibility index (Phi) is 6.34. The third-order valence-corrected chi connectivity index (χ3v) is 4.27. The zero-order valence-electron chi connectivity index (χ0n) is 16.0. The number of hydrogen-bond donors (Lipinski definition) is 3. The molecule has 144 valence electrons. The third-order valence-electron chi connectivity index (χ3n) is 4.27. The normalized spacial score (nSPS) is 11.7. The minimum atomic E-state index is -0.337. The number of carbonyl (C=O) groups is 1. The second kappa shape index (κ2) is 9.10. The number of nitrogens with one attached hydrogen (secondary N) is 2. The maximum absolute atomic E-state index is 12.5. The van der Waals surface area contributed by atoms with Gasteiger partial charge in [0.15, 0.2) is 0 Å². The minimum absolute atomic E-state index is 0.121. The Hall–Kier alpha value is -3.25. The van der Waals surface area contributed by atoms with Gasteiger partial charge in [-0.05, 0) is 56.2 Å². The summed E-state index contributed by atoms with van der Waals surface area (Å²) in [6.45, 7) is 3.71. The molecule has 0 saturated heterocycles. The highest BCUT2D eigenvalue weighted by Gasteiger charge is 2.14. The van der Waals surface area contributed by atoms with Crippen LogP contribution in [-0.2, 0) is 6.42 Å². The molecule has 1 aromatic heterocycles. The van der Waals surface area contributed by atoms with Crippen molar-refractivity contribution in [1.82, 2.24) is 15.3 Å². The number of aliphatic hydroxyl groups is 1. The van der Waals surface area contributed by atoms with E-state index in [9.17, 15) is 9.90 Å². The van der Waals surface area contributed by atoms with Gasteiger partial charge in [-0.1, -0.05) is 30.3 Å². The van der Waals surface area contributed by atoms with Gasteiger partial charge in [-0.3, -0.25) is 4.79 Å². The van der Waals surface area contributed by atoms with Gasteiger partial charge in [0.25, 0.3) is 5.91 Å². The zero-order chi connectivity index (χ0) is 19.9. The first kappa shape index (κ1) is 19.5. The summed E-state index contributed by atoms with van der Waals surface area (Å²) in [5, 5.41) is 15.6. The van der Waals surface area contributed by atoms with Crippen LogP contribution in [0.2, 0.25) is 0 Å². The Morgan fingerprint density at radius 2 is 1.64 bits per heavy atom. The van der Waals surface area contributed by atoms with Crippen molar-refractivity contribution in [3.8, 4) is 0 Å². The summed E-state index contributed by atoms with van der Waals surface area (Å²) in [7, 11) is 0. The summed E-state index contributed by atoms with van der Waals surface area (Å²) in [4.78, 5) is 21.2. The molecule has 0 aliphatic carbocycles. The Balaban J connectivity index is 1.62. The van der Waals surface area contributed by atoms with E-state index in [1.165, 1.54) is 0 Å². The zero-order valence-corrected chi connectivity index (χ0v) is 16.0. The molecule has 3 aromatic rings. The summed E-state index contributed by atoms with van der Waals surface area (Å²) in [6, 6.07) is 18.4. The Bertz CT molecular complexity index is 907. The molecule has 6 nitrogen and oxygen atoms in total. The van der Waals surface area contributed by atoms with Crippen LogP contribution in [0.15, 0.2) is 60.7 Å². The van der Waals surface area contributed by atoms with Gasteiger partial charge >= 0.3 is 0 Å². The molecule has 0 fully saturated rings.